The Kier molecular flexibility index (Phi) is 3.60. The second kappa shape index (κ2) is 3.95. The van der Waals surface area contributed by atoms with Crippen LogP contribution >= 0.6 is 31.9 Å². The van der Waals surface area contributed by atoms with Gasteiger partial charge in [0.1, 0.15) is 0 Å². The fourth-order valence-corrected chi connectivity index (χ4v) is 3.57. The van der Waals surface area contributed by atoms with Crippen LogP contribution in [0.3, 0.4) is 0 Å². The summed E-state index contributed by atoms with van der Waals surface area (Å²) in [5.41, 5.74) is 0.181. The van der Waals surface area contributed by atoms with Crippen molar-refractivity contribution in [3.63, 3.8) is 0 Å². The lowest BCUT2D eigenvalue weighted by atomic mass is 9.99. The summed E-state index contributed by atoms with van der Waals surface area (Å²) in [6.45, 7) is 0. The largest absolute Gasteiger partial charge is 0.352 e. The van der Waals surface area contributed by atoms with Crippen LogP contribution in [0.4, 0.5) is 0 Å². The van der Waals surface area contributed by atoms with Crippen molar-refractivity contribution in [3.8, 4) is 0 Å². The highest BCUT2D eigenvalue weighted by Gasteiger charge is 2.59. The first-order valence-corrected chi connectivity index (χ1v) is 6.17. The lowest BCUT2D eigenvalue weighted by Gasteiger charge is -2.36. The number of alkyl halides is 2. The van der Waals surface area contributed by atoms with Gasteiger partial charge in [-0.1, -0.05) is 31.9 Å². The summed E-state index contributed by atoms with van der Waals surface area (Å²) in [6.07, 6.45) is 2.34. The van der Waals surface area contributed by atoms with E-state index in [1.807, 2.05) is 0 Å². The maximum absolute atomic E-state index is 5.46. The molecule has 1 fully saturated rings. The Morgan fingerprint density at radius 3 is 1.83 bits per heavy atom. The summed E-state index contributed by atoms with van der Waals surface area (Å²) in [7, 11) is 3.40. The monoisotopic (exact) mass is 300 g/mol. The van der Waals surface area contributed by atoms with E-state index >= 15 is 0 Å². The van der Waals surface area contributed by atoms with Crippen molar-refractivity contribution in [1.29, 1.82) is 0 Å². The Hall–Kier alpha value is 0.880. The maximum Gasteiger partial charge on any atom is 0.183 e. The molecule has 0 radical (unpaired) electrons. The number of halogens is 2. The highest BCUT2D eigenvalue weighted by molar-refractivity contribution is 9.09. The summed E-state index contributed by atoms with van der Waals surface area (Å²) in [5.74, 6) is -0.448. The van der Waals surface area contributed by atoms with Crippen LogP contribution in [0.15, 0.2) is 0 Å². The molecular formula is C8H14Br2O2. The van der Waals surface area contributed by atoms with Crippen LogP contribution in [0.25, 0.3) is 0 Å². The molecule has 4 heteroatoms. The van der Waals surface area contributed by atoms with Crippen molar-refractivity contribution in [2.45, 2.75) is 18.6 Å². The molecule has 2 nitrogen and oxygen atoms in total. The molecule has 0 spiro atoms. The van der Waals surface area contributed by atoms with Crippen molar-refractivity contribution in [2.75, 3.05) is 24.9 Å². The van der Waals surface area contributed by atoms with E-state index in [1.165, 1.54) is 12.8 Å². The zero-order valence-electron chi connectivity index (χ0n) is 7.40. The van der Waals surface area contributed by atoms with E-state index in [4.69, 9.17) is 9.47 Å². The molecule has 1 aliphatic carbocycles. The standard InChI is InChI=1S/C8H14Br2O2/c1-11-8(6-10,12-2)7(5-9)3-4-7/h3-6H2,1-2H3. The van der Waals surface area contributed by atoms with Crippen LogP contribution in [0.1, 0.15) is 12.8 Å². The van der Waals surface area contributed by atoms with E-state index in [-0.39, 0.29) is 5.41 Å². The van der Waals surface area contributed by atoms with Crippen LogP contribution < -0.4 is 0 Å². The average molecular weight is 302 g/mol. The van der Waals surface area contributed by atoms with Crippen LogP contribution in [-0.4, -0.2) is 30.7 Å². The molecule has 0 bridgehead atoms. The van der Waals surface area contributed by atoms with E-state index in [2.05, 4.69) is 31.9 Å². The first-order valence-electron chi connectivity index (χ1n) is 3.92. The molecule has 0 aromatic carbocycles. The van der Waals surface area contributed by atoms with Crippen molar-refractivity contribution < 1.29 is 9.47 Å². The molecule has 0 aromatic heterocycles. The Bertz CT molecular complexity index is 145. The Labute approximate surface area is 90.3 Å². The first-order chi connectivity index (χ1) is 5.70. The summed E-state index contributed by atoms with van der Waals surface area (Å²) < 4.78 is 10.9. The van der Waals surface area contributed by atoms with Crippen molar-refractivity contribution in [3.05, 3.63) is 0 Å². The maximum atomic E-state index is 5.46. The third kappa shape index (κ3) is 1.47. The van der Waals surface area contributed by atoms with Crippen LogP contribution in [0.5, 0.6) is 0 Å². The molecule has 0 atom stereocenters. The summed E-state index contributed by atoms with van der Waals surface area (Å²) in [5, 5.41) is 1.66. The molecule has 0 amide bonds. The SMILES string of the molecule is COC(CBr)(OC)C1(CBr)CC1. The van der Waals surface area contributed by atoms with Gasteiger partial charge in [0.25, 0.3) is 0 Å². The molecule has 1 aliphatic rings. The average Bonchev–Trinajstić information content (AvgIpc) is 2.90. The van der Waals surface area contributed by atoms with Gasteiger partial charge in [0.05, 0.1) is 5.33 Å². The minimum absolute atomic E-state index is 0.181. The minimum Gasteiger partial charge on any atom is -0.352 e. The number of rotatable bonds is 5. The Balaban J connectivity index is 2.76. The summed E-state index contributed by atoms with van der Waals surface area (Å²) >= 11 is 6.95. The van der Waals surface area contributed by atoms with Gasteiger partial charge >= 0.3 is 0 Å². The topological polar surface area (TPSA) is 18.5 Å². The highest BCUT2D eigenvalue weighted by atomic mass is 79.9. The number of methoxy groups -OCH3 is 2. The van der Waals surface area contributed by atoms with Crippen molar-refractivity contribution in [2.24, 2.45) is 5.41 Å². The van der Waals surface area contributed by atoms with Gasteiger partial charge in [0.2, 0.25) is 0 Å². The van der Waals surface area contributed by atoms with Crippen LogP contribution in [-0.2, 0) is 9.47 Å². The molecule has 0 heterocycles. The predicted molar refractivity (Wildman–Crippen MR) is 56.0 cm³/mol. The predicted octanol–water partition coefficient (Wildman–Crippen LogP) is 2.55. The van der Waals surface area contributed by atoms with E-state index in [1.54, 1.807) is 14.2 Å². The van der Waals surface area contributed by atoms with Crippen LogP contribution in [0.2, 0.25) is 0 Å². The highest BCUT2D eigenvalue weighted by Crippen LogP contribution is 2.57. The fraction of sp³-hybridized carbons (Fsp3) is 1.00. The van der Waals surface area contributed by atoms with E-state index in [9.17, 15) is 0 Å². The van der Waals surface area contributed by atoms with E-state index in [0.717, 1.165) is 10.7 Å². The smallest absolute Gasteiger partial charge is 0.183 e. The molecule has 0 N–H and O–H groups in total. The molecule has 0 aromatic rings. The molecule has 1 rings (SSSR count). The van der Waals surface area contributed by atoms with Gasteiger partial charge in [-0.15, -0.1) is 0 Å². The van der Waals surface area contributed by atoms with Crippen molar-refractivity contribution in [1.82, 2.24) is 0 Å². The van der Waals surface area contributed by atoms with Gasteiger partial charge < -0.3 is 9.47 Å². The molecular weight excluding hydrogens is 288 g/mol. The zero-order chi connectivity index (χ0) is 9.24. The molecule has 12 heavy (non-hydrogen) atoms. The van der Waals surface area contributed by atoms with Crippen molar-refractivity contribution >= 4 is 31.9 Å². The molecule has 0 saturated heterocycles. The lowest BCUT2D eigenvalue weighted by molar-refractivity contribution is -0.226. The van der Waals surface area contributed by atoms with Crippen LogP contribution in [0, 0.1) is 5.41 Å². The number of hydrogen-bond acceptors (Lipinski definition) is 2. The Morgan fingerprint density at radius 2 is 1.75 bits per heavy atom. The second-order valence-electron chi connectivity index (χ2n) is 3.21. The quantitative estimate of drug-likeness (QED) is 0.574. The van der Waals surface area contributed by atoms with Gasteiger partial charge in [0, 0.05) is 25.0 Å². The molecule has 0 unspecified atom stereocenters. The number of hydrogen-bond donors (Lipinski definition) is 0. The lowest BCUT2D eigenvalue weighted by Crippen LogP contribution is -2.46. The van der Waals surface area contributed by atoms with E-state index < -0.39 is 5.79 Å². The second-order valence-corrected chi connectivity index (χ2v) is 4.33. The van der Waals surface area contributed by atoms with E-state index in [0.29, 0.717) is 0 Å². The molecule has 0 aliphatic heterocycles. The fourth-order valence-electron chi connectivity index (χ4n) is 1.53. The number of ether oxygens (including phenoxy) is 2. The molecule has 72 valence electrons. The van der Waals surface area contributed by atoms with Gasteiger partial charge in [-0.25, -0.2) is 0 Å². The normalized spacial score (nSPS) is 21.0. The summed E-state index contributed by atoms with van der Waals surface area (Å²) in [4.78, 5) is 0. The summed E-state index contributed by atoms with van der Waals surface area (Å²) in [6, 6.07) is 0. The third-order valence-electron chi connectivity index (χ3n) is 2.75. The van der Waals surface area contributed by atoms with Gasteiger partial charge in [-0.05, 0) is 12.8 Å². The zero-order valence-corrected chi connectivity index (χ0v) is 10.6. The minimum atomic E-state index is -0.448. The van der Waals surface area contributed by atoms with Gasteiger partial charge in [0.15, 0.2) is 5.79 Å². The molecule has 1 saturated carbocycles. The third-order valence-corrected chi connectivity index (χ3v) is 4.56. The first kappa shape index (κ1) is 11.0. The van der Waals surface area contributed by atoms with Gasteiger partial charge in [-0.3, -0.25) is 0 Å². The van der Waals surface area contributed by atoms with Gasteiger partial charge in [-0.2, -0.15) is 0 Å². The Morgan fingerprint density at radius 1 is 1.25 bits per heavy atom.